The lowest BCUT2D eigenvalue weighted by Gasteiger charge is -2.19. The first kappa shape index (κ1) is 23.4. The molecule has 0 spiro atoms. The van der Waals surface area contributed by atoms with Gasteiger partial charge >= 0.3 is 0 Å². The van der Waals surface area contributed by atoms with Crippen LogP contribution >= 0.6 is 0 Å². The van der Waals surface area contributed by atoms with Gasteiger partial charge in [-0.25, -0.2) is 0 Å². The molecular weight excluding hydrogens is 270 g/mol. The summed E-state index contributed by atoms with van der Waals surface area (Å²) in [5.74, 6) is 1.80. The quantitative estimate of drug-likeness (QED) is 0.470. The third kappa shape index (κ3) is 11.8. The molecule has 0 aliphatic rings. The van der Waals surface area contributed by atoms with Crippen molar-refractivity contribution in [1.82, 2.24) is 5.01 Å². The molecular formula is C19H41N3. The monoisotopic (exact) mass is 311 g/mol. The molecule has 22 heavy (non-hydrogen) atoms. The van der Waals surface area contributed by atoms with Crippen LogP contribution in [0.4, 0.5) is 0 Å². The van der Waals surface area contributed by atoms with E-state index in [0.29, 0.717) is 29.8 Å². The van der Waals surface area contributed by atoms with Gasteiger partial charge in [0.2, 0.25) is 0 Å². The summed E-state index contributed by atoms with van der Waals surface area (Å²) in [4.78, 5) is 4.59. The molecule has 0 saturated carbocycles. The zero-order valence-electron chi connectivity index (χ0n) is 17.2. The molecule has 0 aliphatic carbocycles. The van der Waals surface area contributed by atoms with E-state index in [2.05, 4.69) is 86.3 Å². The number of aliphatic imine (C=N–C) groups is 1. The maximum absolute atomic E-state index is 4.59. The van der Waals surface area contributed by atoms with Gasteiger partial charge in [0.05, 0.1) is 0 Å². The minimum Gasteiger partial charge on any atom is -0.298 e. The summed E-state index contributed by atoms with van der Waals surface area (Å²) in [5, 5.41) is 6.42. The highest BCUT2D eigenvalue weighted by Crippen LogP contribution is 2.07. The van der Waals surface area contributed by atoms with Crippen LogP contribution < -0.4 is 0 Å². The fourth-order valence-electron chi connectivity index (χ4n) is 1.10. The van der Waals surface area contributed by atoms with Gasteiger partial charge in [0.15, 0.2) is 0 Å². The Balaban J connectivity index is 0. The van der Waals surface area contributed by atoms with E-state index in [0.717, 1.165) is 0 Å². The molecule has 0 rings (SSSR count). The second-order valence-electron chi connectivity index (χ2n) is 7.47. The number of rotatable bonds is 6. The highest BCUT2D eigenvalue weighted by molar-refractivity contribution is 5.84. The van der Waals surface area contributed by atoms with Crippen molar-refractivity contribution in [3.63, 3.8) is 0 Å². The first-order valence-corrected chi connectivity index (χ1v) is 8.72. The van der Waals surface area contributed by atoms with Crippen molar-refractivity contribution in [3.8, 4) is 0 Å². The summed E-state index contributed by atoms with van der Waals surface area (Å²) in [5.41, 5.74) is 2.47. The van der Waals surface area contributed by atoms with Crippen LogP contribution in [0.1, 0.15) is 76.2 Å². The second-order valence-corrected chi connectivity index (χ2v) is 7.47. The number of hydrogen-bond donors (Lipinski definition) is 0. The fourth-order valence-corrected chi connectivity index (χ4v) is 1.10. The minimum absolute atomic E-state index is 0.470. The topological polar surface area (TPSA) is 28.0 Å². The van der Waals surface area contributed by atoms with Crippen LogP contribution in [0.25, 0.3) is 0 Å². The summed E-state index contributed by atoms with van der Waals surface area (Å²) < 4.78 is 0. The van der Waals surface area contributed by atoms with Gasteiger partial charge in [0.1, 0.15) is 0 Å². The molecule has 0 fully saturated rings. The first-order valence-electron chi connectivity index (χ1n) is 8.72. The van der Waals surface area contributed by atoms with Crippen LogP contribution in [-0.2, 0) is 0 Å². The molecule has 0 amide bonds. The van der Waals surface area contributed by atoms with Crippen molar-refractivity contribution in [3.05, 3.63) is 0 Å². The van der Waals surface area contributed by atoms with Crippen LogP contribution in [0.2, 0.25) is 0 Å². The van der Waals surface area contributed by atoms with Crippen LogP contribution in [0, 0.1) is 17.8 Å². The maximum atomic E-state index is 4.59. The molecule has 0 aromatic rings. The van der Waals surface area contributed by atoms with E-state index in [1.807, 2.05) is 12.1 Å². The van der Waals surface area contributed by atoms with Crippen molar-refractivity contribution >= 4 is 11.4 Å². The molecule has 0 aromatic heterocycles. The average molecular weight is 312 g/mol. The summed E-state index contributed by atoms with van der Waals surface area (Å²) >= 11 is 0. The Kier molecular flexibility index (Phi) is 12.4. The Labute approximate surface area is 140 Å². The minimum atomic E-state index is 0.470. The second kappa shape index (κ2) is 11.7. The van der Waals surface area contributed by atoms with Gasteiger partial charge in [-0.2, -0.15) is 5.10 Å². The van der Waals surface area contributed by atoms with Crippen molar-refractivity contribution in [2.75, 3.05) is 7.05 Å². The predicted octanol–water partition coefficient (Wildman–Crippen LogP) is 5.51. The molecule has 0 heterocycles. The molecule has 0 aliphatic heterocycles. The van der Waals surface area contributed by atoms with Crippen LogP contribution in [-0.4, -0.2) is 35.6 Å². The smallest absolute Gasteiger partial charge is 0.0493 e. The summed E-state index contributed by atoms with van der Waals surface area (Å²) in [6, 6.07) is 0.959. The SMILES string of the molecule is CC(=NC(C)C(C)C)C(C)C.CC(=NN(C)C(C)C)C(C)C. The van der Waals surface area contributed by atoms with Crippen LogP contribution in [0.3, 0.4) is 0 Å². The van der Waals surface area contributed by atoms with Gasteiger partial charge in [0.25, 0.3) is 0 Å². The van der Waals surface area contributed by atoms with Gasteiger partial charge in [-0.05, 0) is 52.4 Å². The Morgan fingerprint density at radius 2 is 1.14 bits per heavy atom. The van der Waals surface area contributed by atoms with Crippen molar-refractivity contribution < 1.29 is 0 Å². The van der Waals surface area contributed by atoms with Gasteiger partial charge < -0.3 is 0 Å². The van der Waals surface area contributed by atoms with Gasteiger partial charge in [-0.1, -0.05) is 41.5 Å². The van der Waals surface area contributed by atoms with Gasteiger partial charge in [0, 0.05) is 30.6 Å². The number of hydrazone groups is 1. The van der Waals surface area contributed by atoms with E-state index in [9.17, 15) is 0 Å². The highest BCUT2D eigenvalue weighted by Gasteiger charge is 2.06. The first-order chi connectivity index (χ1) is 9.89. The Morgan fingerprint density at radius 3 is 1.41 bits per heavy atom. The Morgan fingerprint density at radius 1 is 0.727 bits per heavy atom. The van der Waals surface area contributed by atoms with E-state index >= 15 is 0 Å². The van der Waals surface area contributed by atoms with Crippen LogP contribution in [0.5, 0.6) is 0 Å². The largest absolute Gasteiger partial charge is 0.298 e. The molecule has 0 bridgehead atoms. The normalized spacial score (nSPS) is 14.5. The lowest BCUT2D eigenvalue weighted by atomic mass is 10.1. The van der Waals surface area contributed by atoms with E-state index in [1.54, 1.807) is 0 Å². The van der Waals surface area contributed by atoms with E-state index in [-0.39, 0.29) is 0 Å². The van der Waals surface area contributed by atoms with E-state index in [1.165, 1.54) is 11.4 Å². The van der Waals surface area contributed by atoms with E-state index in [4.69, 9.17) is 0 Å². The number of nitrogens with zero attached hydrogens (tertiary/aromatic N) is 3. The average Bonchev–Trinajstić information content (AvgIpc) is 2.38. The summed E-state index contributed by atoms with van der Waals surface area (Å²) in [7, 11) is 2.01. The maximum Gasteiger partial charge on any atom is 0.0493 e. The lowest BCUT2D eigenvalue weighted by molar-refractivity contribution is 0.286. The molecule has 3 heteroatoms. The molecule has 0 radical (unpaired) electrons. The van der Waals surface area contributed by atoms with Crippen molar-refractivity contribution in [2.24, 2.45) is 27.8 Å². The molecule has 0 aromatic carbocycles. The predicted molar refractivity (Wildman–Crippen MR) is 103 cm³/mol. The lowest BCUT2D eigenvalue weighted by Crippen LogP contribution is -2.22. The van der Waals surface area contributed by atoms with Gasteiger partial charge in [-0.15, -0.1) is 0 Å². The number of hydrogen-bond acceptors (Lipinski definition) is 3. The standard InChI is InChI=1S/C10H21N.C9H20N2/c1-7(2)9(5)11-10(6)8(3)4;1-7(2)9(5)10-11(6)8(3)4/h7-9H,1-6H3;7-8H,1-6H3. The molecule has 1 unspecified atom stereocenters. The molecule has 132 valence electrons. The Hall–Kier alpha value is -0.860. The third-order valence-corrected chi connectivity index (χ3v) is 4.11. The molecule has 0 N–H and O–H groups in total. The summed E-state index contributed by atoms with van der Waals surface area (Å²) in [6.45, 7) is 23.7. The molecule has 3 nitrogen and oxygen atoms in total. The third-order valence-electron chi connectivity index (χ3n) is 4.11. The zero-order chi connectivity index (χ0) is 18.0. The summed E-state index contributed by atoms with van der Waals surface area (Å²) in [6.07, 6.45) is 0. The zero-order valence-corrected chi connectivity index (χ0v) is 17.2. The fraction of sp³-hybridized carbons (Fsp3) is 0.895. The van der Waals surface area contributed by atoms with E-state index < -0.39 is 0 Å². The van der Waals surface area contributed by atoms with Gasteiger partial charge in [-0.3, -0.25) is 10.0 Å². The highest BCUT2D eigenvalue weighted by atomic mass is 15.4. The molecule has 1 atom stereocenters. The van der Waals surface area contributed by atoms with Crippen LogP contribution in [0.15, 0.2) is 10.1 Å². The van der Waals surface area contributed by atoms with Crippen molar-refractivity contribution in [2.45, 2.75) is 88.2 Å². The van der Waals surface area contributed by atoms with Crippen molar-refractivity contribution in [1.29, 1.82) is 0 Å². The Bertz CT molecular complexity index is 305. The molecule has 0 saturated heterocycles.